The zero-order valence-corrected chi connectivity index (χ0v) is 20.0. The van der Waals surface area contributed by atoms with Crippen molar-refractivity contribution in [1.29, 1.82) is 0 Å². The van der Waals surface area contributed by atoms with Gasteiger partial charge < -0.3 is 19.5 Å². The highest BCUT2D eigenvalue weighted by Gasteiger charge is 2.45. The van der Waals surface area contributed by atoms with Crippen LogP contribution in [0.25, 0.3) is 0 Å². The molecule has 9 heteroatoms. The molecule has 0 saturated carbocycles. The van der Waals surface area contributed by atoms with Crippen LogP contribution in [0.4, 0.5) is 11.4 Å². The van der Waals surface area contributed by atoms with Gasteiger partial charge in [-0.25, -0.2) is 4.98 Å². The molecule has 3 heterocycles. The highest BCUT2D eigenvalue weighted by atomic mass is 32.1. The van der Waals surface area contributed by atoms with Crippen molar-refractivity contribution in [3.8, 4) is 11.5 Å². The van der Waals surface area contributed by atoms with E-state index in [0.29, 0.717) is 33.3 Å². The Balaban J connectivity index is 1.65. The Morgan fingerprint density at radius 2 is 1.82 bits per heavy atom. The number of aliphatic hydroxyl groups excluding tert-OH is 1. The van der Waals surface area contributed by atoms with E-state index in [0.717, 1.165) is 10.7 Å². The number of ketones is 1. The molecule has 0 radical (unpaired) electrons. The van der Waals surface area contributed by atoms with E-state index in [9.17, 15) is 14.7 Å². The molecule has 0 fully saturated rings. The predicted molar refractivity (Wildman–Crippen MR) is 129 cm³/mol. The van der Waals surface area contributed by atoms with Crippen LogP contribution >= 0.6 is 11.3 Å². The molecule has 1 unspecified atom stereocenters. The van der Waals surface area contributed by atoms with Gasteiger partial charge in [0.25, 0.3) is 5.91 Å². The Labute approximate surface area is 200 Å². The summed E-state index contributed by atoms with van der Waals surface area (Å²) in [4.78, 5) is 35.2. The van der Waals surface area contributed by atoms with Crippen LogP contribution in [-0.2, 0) is 4.79 Å². The number of hydrogen-bond acceptors (Lipinski definition) is 8. The third-order valence-corrected chi connectivity index (χ3v) is 6.99. The van der Waals surface area contributed by atoms with E-state index in [1.807, 2.05) is 50.2 Å². The summed E-state index contributed by atoms with van der Waals surface area (Å²) in [7, 11) is 3.87. The van der Waals surface area contributed by atoms with Crippen molar-refractivity contribution < 1.29 is 24.2 Å². The Morgan fingerprint density at radius 1 is 1.12 bits per heavy atom. The molecule has 2 aliphatic rings. The maximum Gasteiger partial charge on any atom is 0.294 e. The number of aliphatic hydroxyl groups is 1. The van der Waals surface area contributed by atoms with Gasteiger partial charge in [0.2, 0.25) is 12.6 Å². The molecular weight excluding hydrogens is 454 g/mol. The largest absolute Gasteiger partial charge is 0.503 e. The summed E-state index contributed by atoms with van der Waals surface area (Å²) >= 11 is 1.25. The molecule has 8 nitrogen and oxygen atoms in total. The van der Waals surface area contributed by atoms with Gasteiger partial charge in [0, 0.05) is 31.5 Å². The Kier molecular flexibility index (Phi) is 5.28. The minimum absolute atomic E-state index is 0.0343. The number of rotatable bonds is 5. The quantitative estimate of drug-likeness (QED) is 0.547. The number of anilines is 2. The Bertz CT molecular complexity index is 1340. The summed E-state index contributed by atoms with van der Waals surface area (Å²) in [6.45, 7) is 3.67. The van der Waals surface area contributed by atoms with Gasteiger partial charge in [0.15, 0.2) is 17.3 Å². The molecule has 0 saturated heterocycles. The number of fused-ring (bicyclic) bond motifs is 1. The van der Waals surface area contributed by atoms with E-state index in [2.05, 4.69) is 4.98 Å². The molecule has 1 amide bonds. The molecule has 2 aromatic carbocycles. The minimum atomic E-state index is -0.821. The Hall–Kier alpha value is -3.85. The lowest BCUT2D eigenvalue weighted by molar-refractivity contribution is -0.117. The van der Waals surface area contributed by atoms with Gasteiger partial charge in [-0.15, -0.1) is 11.3 Å². The molecule has 0 spiro atoms. The van der Waals surface area contributed by atoms with Crippen molar-refractivity contribution >= 4 is 34.4 Å². The average molecular weight is 478 g/mol. The monoisotopic (exact) mass is 477 g/mol. The fourth-order valence-electron chi connectivity index (χ4n) is 4.27. The summed E-state index contributed by atoms with van der Waals surface area (Å²) in [5.74, 6) is -0.539. The maximum absolute atomic E-state index is 13.7. The first-order valence-corrected chi connectivity index (χ1v) is 11.5. The van der Waals surface area contributed by atoms with Crippen molar-refractivity contribution in [2.75, 3.05) is 30.7 Å². The van der Waals surface area contributed by atoms with Crippen molar-refractivity contribution in [3.63, 3.8) is 0 Å². The van der Waals surface area contributed by atoms with Gasteiger partial charge in [0.1, 0.15) is 0 Å². The number of aromatic nitrogens is 1. The molecule has 174 valence electrons. The summed E-state index contributed by atoms with van der Waals surface area (Å²) in [5, 5.41) is 11.7. The molecule has 1 atom stereocenters. The van der Waals surface area contributed by atoms with Crippen molar-refractivity contribution in [2.45, 2.75) is 19.9 Å². The average Bonchev–Trinajstić information content (AvgIpc) is 3.49. The highest BCUT2D eigenvalue weighted by molar-refractivity contribution is 7.14. The number of Topliss-reactive ketones (excluding diaryl/α,β-unsaturated/α-hetero) is 1. The molecule has 0 aliphatic carbocycles. The number of carbonyl (C=O) groups is 2. The SMILES string of the molecule is Cc1nc(C)c(C(=O)C2=C(O)C(=O)N(c3ccc4c(c3)OCO4)C2c2ccc(N(C)C)cc2)s1. The molecule has 0 bridgehead atoms. The number of carbonyl (C=O) groups excluding carboxylic acids is 2. The van der Waals surface area contributed by atoms with Crippen molar-refractivity contribution in [3.05, 3.63) is 74.9 Å². The molecule has 34 heavy (non-hydrogen) atoms. The second kappa shape index (κ2) is 8.18. The topological polar surface area (TPSA) is 92.2 Å². The zero-order valence-electron chi connectivity index (χ0n) is 19.2. The fraction of sp³-hybridized carbons (Fsp3) is 0.240. The summed E-state index contributed by atoms with van der Waals surface area (Å²) < 4.78 is 10.9. The van der Waals surface area contributed by atoms with Crippen molar-refractivity contribution in [2.24, 2.45) is 0 Å². The smallest absolute Gasteiger partial charge is 0.294 e. The normalized spacial score (nSPS) is 17.0. The fourth-order valence-corrected chi connectivity index (χ4v) is 5.15. The lowest BCUT2D eigenvalue weighted by Gasteiger charge is -2.27. The first-order valence-electron chi connectivity index (χ1n) is 10.7. The third kappa shape index (κ3) is 3.49. The van der Waals surface area contributed by atoms with Crippen LogP contribution in [0.1, 0.15) is 32.0 Å². The number of nitrogens with zero attached hydrogens (tertiary/aromatic N) is 3. The zero-order chi connectivity index (χ0) is 24.1. The van der Waals surface area contributed by atoms with E-state index < -0.39 is 23.5 Å². The van der Waals surface area contributed by atoms with E-state index in [-0.39, 0.29) is 12.4 Å². The van der Waals surface area contributed by atoms with Crippen LogP contribution in [0.2, 0.25) is 0 Å². The number of hydrogen-bond donors (Lipinski definition) is 1. The maximum atomic E-state index is 13.7. The summed E-state index contributed by atoms with van der Waals surface area (Å²) in [6.07, 6.45) is 0. The van der Waals surface area contributed by atoms with E-state index in [4.69, 9.17) is 9.47 Å². The number of benzene rings is 2. The highest BCUT2D eigenvalue weighted by Crippen LogP contribution is 2.45. The van der Waals surface area contributed by atoms with E-state index in [1.165, 1.54) is 16.2 Å². The summed E-state index contributed by atoms with van der Waals surface area (Å²) in [5.41, 5.74) is 2.76. The van der Waals surface area contributed by atoms with E-state index >= 15 is 0 Å². The lowest BCUT2D eigenvalue weighted by Crippen LogP contribution is -2.31. The van der Waals surface area contributed by atoms with Crippen LogP contribution in [0.15, 0.2) is 53.8 Å². The third-order valence-electron chi connectivity index (χ3n) is 5.92. The second-order valence-electron chi connectivity index (χ2n) is 8.34. The number of ether oxygens (including phenoxy) is 2. The first-order chi connectivity index (χ1) is 16.3. The molecule has 5 rings (SSSR count). The summed E-state index contributed by atoms with van der Waals surface area (Å²) in [6, 6.07) is 11.9. The van der Waals surface area contributed by atoms with Crippen LogP contribution in [0.5, 0.6) is 11.5 Å². The van der Waals surface area contributed by atoms with Crippen LogP contribution in [0.3, 0.4) is 0 Å². The molecular formula is C25H23N3O5S. The lowest BCUT2D eigenvalue weighted by atomic mass is 9.94. The van der Waals surface area contributed by atoms with Crippen molar-refractivity contribution in [1.82, 2.24) is 4.98 Å². The second-order valence-corrected chi connectivity index (χ2v) is 9.54. The number of aryl methyl sites for hydroxylation is 2. The van der Waals surface area contributed by atoms with Crippen LogP contribution in [-0.4, -0.2) is 42.7 Å². The van der Waals surface area contributed by atoms with Gasteiger partial charge in [-0.2, -0.15) is 0 Å². The number of amides is 1. The molecule has 1 aromatic heterocycles. The van der Waals surface area contributed by atoms with Gasteiger partial charge in [0.05, 0.1) is 27.2 Å². The van der Waals surface area contributed by atoms with E-state index in [1.54, 1.807) is 25.1 Å². The van der Waals surface area contributed by atoms with Gasteiger partial charge >= 0.3 is 0 Å². The molecule has 2 aliphatic heterocycles. The molecule has 1 N–H and O–H groups in total. The standard InChI is InChI=1S/C25H23N3O5S/c1-13-24(34-14(2)26-13)22(29)20-21(15-5-7-16(8-6-15)27(3)4)28(25(31)23(20)30)17-9-10-18-19(11-17)33-12-32-18/h5-11,21,30H,12H2,1-4H3. The first kappa shape index (κ1) is 22.0. The van der Waals surface area contributed by atoms with Crippen LogP contribution < -0.4 is 19.3 Å². The van der Waals surface area contributed by atoms with Gasteiger partial charge in [-0.1, -0.05) is 12.1 Å². The minimum Gasteiger partial charge on any atom is -0.503 e. The predicted octanol–water partition coefficient (Wildman–Crippen LogP) is 4.34. The van der Waals surface area contributed by atoms with Crippen LogP contribution in [0, 0.1) is 13.8 Å². The van der Waals surface area contributed by atoms with Gasteiger partial charge in [-0.3, -0.25) is 14.5 Å². The Morgan fingerprint density at radius 3 is 2.47 bits per heavy atom. The van der Waals surface area contributed by atoms with Gasteiger partial charge in [-0.05, 0) is 43.7 Å². The molecule has 3 aromatic rings. The number of thiazole rings is 1.